The zero-order chi connectivity index (χ0) is 37.2. The molecule has 1 aliphatic carbocycles. The lowest BCUT2D eigenvalue weighted by atomic mass is 9.83. The highest BCUT2D eigenvalue weighted by atomic mass is 32.2. The summed E-state index contributed by atoms with van der Waals surface area (Å²) in [5.74, 6) is 2.43. The van der Waals surface area contributed by atoms with Gasteiger partial charge in [-0.25, -0.2) is 0 Å². The predicted molar refractivity (Wildman–Crippen MR) is 226 cm³/mol. The summed E-state index contributed by atoms with van der Waals surface area (Å²) < 4.78 is 0. The first-order valence-corrected chi connectivity index (χ1v) is 21.1. The van der Waals surface area contributed by atoms with E-state index in [2.05, 4.69) is 131 Å². The number of hydrogen-bond acceptors (Lipinski definition) is 4. The molecule has 0 amide bonds. The molecule has 4 aromatic rings. The highest BCUT2D eigenvalue weighted by Crippen LogP contribution is 2.45. The van der Waals surface area contributed by atoms with Crippen LogP contribution in [0.1, 0.15) is 130 Å². The summed E-state index contributed by atoms with van der Waals surface area (Å²) in [5.41, 5.74) is 14.8. The van der Waals surface area contributed by atoms with Crippen LogP contribution in [0.15, 0.2) is 54.6 Å². The molecule has 0 saturated heterocycles. The molecule has 1 unspecified atom stereocenters. The molecule has 1 aliphatic rings. The molecule has 2 N–H and O–H groups in total. The molecule has 5 rings (SSSR count). The molecular weight excluding hydrogens is 661 g/mol. The second-order valence-corrected chi connectivity index (χ2v) is 19.8. The van der Waals surface area contributed by atoms with Crippen molar-refractivity contribution in [2.24, 2.45) is 0 Å². The van der Waals surface area contributed by atoms with Gasteiger partial charge < -0.3 is 10.2 Å². The Balaban J connectivity index is 1.45. The average Bonchev–Trinajstić information content (AvgIpc) is 3.01. The SMILES string of the molecule is Cc1cc(C)cc(-c2cc(C(C)(C)C)cc(CSC3CCCCCC[C@@H]3SCc3cc(C(C)(C)C)cc(-c4cc(C)cc(C)c4C)c3O)c2O)c1. The van der Waals surface area contributed by atoms with Crippen LogP contribution >= 0.6 is 23.5 Å². The van der Waals surface area contributed by atoms with Crippen molar-refractivity contribution in [1.29, 1.82) is 0 Å². The van der Waals surface area contributed by atoms with Crippen molar-refractivity contribution in [2.75, 3.05) is 0 Å². The first-order valence-electron chi connectivity index (χ1n) is 19.0. The van der Waals surface area contributed by atoms with Crippen LogP contribution in [-0.2, 0) is 22.3 Å². The zero-order valence-corrected chi connectivity index (χ0v) is 34.9. The minimum Gasteiger partial charge on any atom is -0.507 e. The summed E-state index contributed by atoms with van der Waals surface area (Å²) in [6, 6.07) is 20.0. The number of aromatic hydroxyl groups is 2. The van der Waals surface area contributed by atoms with Gasteiger partial charge in [-0.15, -0.1) is 0 Å². The third-order valence-corrected chi connectivity index (χ3v) is 13.9. The van der Waals surface area contributed by atoms with Gasteiger partial charge in [-0.3, -0.25) is 0 Å². The molecule has 0 radical (unpaired) electrons. The molecule has 2 nitrogen and oxygen atoms in total. The number of hydrogen-bond donors (Lipinski definition) is 2. The minimum atomic E-state index is -0.0349. The van der Waals surface area contributed by atoms with Crippen molar-refractivity contribution in [3.63, 3.8) is 0 Å². The largest absolute Gasteiger partial charge is 0.507 e. The standard InChI is InChI=1S/C47H62O2S2/c1-29-18-30(2)21-34(20-29)40-25-37(46(6,7)8)23-35(44(40)48)27-50-42-16-14-12-13-15-17-43(42)51-28-36-24-38(47(9,10)11)26-41(45(36)49)39-22-31(3)19-32(4)33(39)5/h18-26,42-43,48-49H,12-17,27-28H2,1-11H3/t42?,43-/m0/s1. The van der Waals surface area contributed by atoms with E-state index in [0.717, 1.165) is 44.9 Å². The second kappa shape index (κ2) is 16.0. The molecule has 0 bridgehead atoms. The van der Waals surface area contributed by atoms with Gasteiger partial charge in [0, 0.05) is 44.3 Å². The molecule has 2 atom stereocenters. The fraction of sp³-hybridized carbons (Fsp3) is 0.489. The topological polar surface area (TPSA) is 40.5 Å². The summed E-state index contributed by atoms with van der Waals surface area (Å²) in [6.07, 6.45) is 7.46. The molecule has 274 valence electrons. The van der Waals surface area contributed by atoms with Crippen LogP contribution in [-0.4, -0.2) is 20.7 Å². The van der Waals surface area contributed by atoms with E-state index in [1.807, 2.05) is 23.5 Å². The molecule has 1 saturated carbocycles. The van der Waals surface area contributed by atoms with Gasteiger partial charge in [-0.05, 0) is 104 Å². The Morgan fingerprint density at radius 2 is 0.980 bits per heavy atom. The van der Waals surface area contributed by atoms with Gasteiger partial charge in [0.1, 0.15) is 11.5 Å². The maximum absolute atomic E-state index is 11.9. The van der Waals surface area contributed by atoms with E-state index in [-0.39, 0.29) is 10.8 Å². The van der Waals surface area contributed by atoms with Crippen LogP contribution in [0.5, 0.6) is 11.5 Å². The molecule has 51 heavy (non-hydrogen) atoms. The normalized spacial score (nSPS) is 17.3. The van der Waals surface area contributed by atoms with Crippen molar-refractivity contribution in [1.82, 2.24) is 0 Å². The maximum Gasteiger partial charge on any atom is 0.127 e. The van der Waals surface area contributed by atoms with E-state index >= 15 is 0 Å². The minimum absolute atomic E-state index is 0.0303. The molecule has 4 aromatic carbocycles. The van der Waals surface area contributed by atoms with Crippen molar-refractivity contribution < 1.29 is 10.2 Å². The monoisotopic (exact) mass is 722 g/mol. The van der Waals surface area contributed by atoms with Crippen LogP contribution < -0.4 is 0 Å². The molecule has 1 fully saturated rings. The van der Waals surface area contributed by atoms with Gasteiger partial charge in [-0.1, -0.05) is 126 Å². The summed E-state index contributed by atoms with van der Waals surface area (Å²) in [6.45, 7) is 24.4. The van der Waals surface area contributed by atoms with Crippen LogP contribution in [0.3, 0.4) is 0 Å². The van der Waals surface area contributed by atoms with E-state index in [0.29, 0.717) is 22.0 Å². The van der Waals surface area contributed by atoms with Gasteiger partial charge >= 0.3 is 0 Å². The van der Waals surface area contributed by atoms with E-state index in [4.69, 9.17) is 0 Å². The van der Waals surface area contributed by atoms with Crippen LogP contribution in [0.4, 0.5) is 0 Å². The fourth-order valence-corrected chi connectivity index (χ4v) is 10.6. The number of phenols is 2. The molecule has 4 heteroatoms. The van der Waals surface area contributed by atoms with Crippen molar-refractivity contribution in [3.8, 4) is 33.8 Å². The van der Waals surface area contributed by atoms with E-state index in [9.17, 15) is 10.2 Å². The van der Waals surface area contributed by atoms with E-state index < -0.39 is 0 Å². The summed E-state index contributed by atoms with van der Waals surface area (Å²) in [4.78, 5) is 0. The first kappa shape index (κ1) is 39.4. The Labute approximate surface area is 318 Å². The number of thioether (sulfide) groups is 2. The summed E-state index contributed by atoms with van der Waals surface area (Å²) in [5, 5.41) is 24.7. The summed E-state index contributed by atoms with van der Waals surface area (Å²) >= 11 is 4.07. The number of benzene rings is 4. The molecule has 0 aromatic heterocycles. The van der Waals surface area contributed by atoms with Gasteiger partial charge in [-0.2, -0.15) is 23.5 Å². The lowest BCUT2D eigenvalue weighted by molar-refractivity contribution is 0.470. The van der Waals surface area contributed by atoms with Crippen molar-refractivity contribution >= 4 is 23.5 Å². The Hall–Kier alpha value is -2.82. The van der Waals surface area contributed by atoms with Gasteiger partial charge in [0.2, 0.25) is 0 Å². The van der Waals surface area contributed by atoms with E-state index in [1.54, 1.807) is 0 Å². The lowest BCUT2D eigenvalue weighted by Crippen LogP contribution is -2.22. The highest BCUT2D eigenvalue weighted by molar-refractivity contribution is 8.03. The Bertz CT molecular complexity index is 1840. The van der Waals surface area contributed by atoms with Crippen LogP contribution in [0.2, 0.25) is 0 Å². The van der Waals surface area contributed by atoms with Crippen molar-refractivity contribution in [2.45, 2.75) is 148 Å². The van der Waals surface area contributed by atoms with E-state index in [1.165, 1.54) is 77.5 Å². The maximum atomic E-state index is 11.9. The van der Waals surface area contributed by atoms with Crippen LogP contribution in [0.25, 0.3) is 22.3 Å². The quantitative estimate of drug-likeness (QED) is 0.190. The molecule has 0 heterocycles. The predicted octanol–water partition coefficient (Wildman–Crippen LogP) is 13.8. The molecule has 0 aliphatic heterocycles. The molecular formula is C47H62O2S2. The fourth-order valence-electron chi connectivity index (χ4n) is 7.54. The highest BCUT2D eigenvalue weighted by Gasteiger charge is 2.27. The zero-order valence-electron chi connectivity index (χ0n) is 33.2. The number of aryl methyl sites for hydroxylation is 4. The Kier molecular flexibility index (Phi) is 12.4. The first-order chi connectivity index (χ1) is 23.9. The van der Waals surface area contributed by atoms with Gasteiger partial charge in [0.25, 0.3) is 0 Å². The third-order valence-electron chi connectivity index (χ3n) is 10.8. The molecule has 0 spiro atoms. The third kappa shape index (κ3) is 9.60. The number of phenolic OH excluding ortho intramolecular Hbond substituents is 2. The Morgan fingerprint density at radius 3 is 1.47 bits per heavy atom. The van der Waals surface area contributed by atoms with Gasteiger partial charge in [0.15, 0.2) is 0 Å². The summed E-state index contributed by atoms with van der Waals surface area (Å²) in [7, 11) is 0. The van der Waals surface area contributed by atoms with Gasteiger partial charge in [0.05, 0.1) is 0 Å². The number of rotatable bonds is 8. The lowest BCUT2D eigenvalue weighted by Gasteiger charge is -2.30. The Morgan fingerprint density at radius 1 is 0.529 bits per heavy atom. The smallest absolute Gasteiger partial charge is 0.127 e. The van der Waals surface area contributed by atoms with Crippen LogP contribution in [0, 0.1) is 34.6 Å². The second-order valence-electron chi connectivity index (χ2n) is 17.4. The average molecular weight is 723 g/mol. The van der Waals surface area contributed by atoms with Crippen molar-refractivity contribution in [3.05, 3.63) is 105 Å².